The van der Waals surface area contributed by atoms with E-state index in [0.717, 1.165) is 6.08 Å². The largest absolute Gasteiger partial charge is 0.481 e. The first-order valence-corrected chi connectivity index (χ1v) is 13.2. The van der Waals surface area contributed by atoms with Crippen molar-refractivity contribution in [3.05, 3.63) is 23.8 Å². The summed E-state index contributed by atoms with van der Waals surface area (Å²) in [5, 5.41) is 19.9. The number of ether oxygens (including phenoxy) is 1. The van der Waals surface area contributed by atoms with Crippen LogP contribution in [0.1, 0.15) is 53.4 Å². The fourth-order valence-electron chi connectivity index (χ4n) is 7.70. The fraction of sp³-hybridized carbons (Fsp3) is 0.692. The minimum atomic E-state index is -2.33. The first-order chi connectivity index (χ1) is 16.7. The van der Waals surface area contributed by atoms with Crippen LogP contribution >= 0.6 is 11.8 Å². The van der Waals surface area contributed by atoms with Gasteiger partial charge in [-0.15, -0.1) is 0 Å². The summed E-state index contributed by atoms with van der Waals surface area (Å²) in [5.41, 5.74) is -6.98. The monoisotopic (exact) mass is 526 g/mol. The zero-order chi connectivity index (χ0) is 26.8. The van der Waals surface area contributed by atoms with E-state index in [-0.39, 0.29) is 31.3 Å². The Labute approximate surface area is 212 Å². The van der Waals surface area contributed by atoms with Crippen molar-refractivity contribution in [1.29, 1.82) is 0 Å². The summed E-state index contributed by atoms with van der Waals surface area (Å²) in [4.78, 5) is 49.4. The van der Waals surface area contributed by atoms with Crippen molar-refractivity contribution in [1.82, 2.24) is 0 Å². The topological polar surface area (TPSA) is 118 Å². The van der Waals surface area contributed by atoms with Crippen molar-refractivity contribution >= 4 is 34.6 Å². The molecule has 0 heterocycles. The van der Waals surface area contributed by atoms with E-state index in [9.17, 15) is 24.3 Å². The maximum absolute atomic E-state index is 17.3. The molecule has 0 aliphatic heterocycles. The van der Waals surface area contributed by atoms with Gasteiger partial charge >= 0.3 is 11.9 Å². The van der Waals surface area contributed by atoms with E-state index in [2.05, 4.69) is 0 Å². The first-order valence-electron chi connectivity index (χ1n) is 12.3. The van der Waals surface area contributed by atoms with Crippen LogP contribution in [0.5, 0.6) is 0 Å². The highest BCUT2D eigenvalue weighted by Crippen LogP contribution is 2.72. The summed E-state index contributed by atoms with van der Waals surface area (Å²) >= 11 is 0.516. The maximum Gasteiger partial charge on any atom is 0.313 e. The average Bonchev–Trinajstić information content (AvgIpc) is 3.02. The second-order valence-electron chi connectivity index (χ2n) is 11.0. The van der Waals surface area contributed by atoms with Gasteiger partial charge in [-0.1, -0.05) is 38.6 Å². The van der Waals surface area contributed by atoms with E-state index in [1.54, 1.807) is 20.8 Å². The molecule has 7 nitrogen and oxygen atoms in total. The summed E-state index contributed by atoms with van der Waals surface area (Å²) in [6, 6.07) is 0. The van der Waals surface area contributed by atoms with Crippen LogP contribution in [0.2, 0.25) is 0 Å². The van der Waals surface area contributed by atoms with Gasteiger partial charge in [0, 0.05) is 29.1 Å². The Balaban J connectivity index is 1.85. The Kier molecular flexibility index (Phi) is 6.56. The quantitative estimate of drug-likeness (QED) is 0.522. The second-order valence-corrected chi connectivity index (χ2v) is 12.0. The van der Waals surface area contributed by atoms with E-state index in [4.69, 9.17) is 9.84 Å². The van der Waals surface area contributed by atoms with Crippen LogP contribution in [0.15, 0.2) is 23.8 Å². The number of carboxylic acids is 1. The molecule has 10 heteroatoms. The third kappa shape index (κ3) is 3.39. The Bertz CT molecular complexity index is 1070. The number of rotatable bonds is 5. The van der Waals surface area contributed by atoms with Gasteiger partial charge in [0.1, 0.15) is 6.17 Å². The number of ketones is 1. The van der Waals surface area contributed by atoms with E-state index in [1.807, 2.05) is 0 Å². The number of carbonyl (C=O) groups excluding carboxylic acids is 3. The molecule has 4 aliphatic rings. The lowest BCUT2D eigenvalue weighted by Gasteiger charge is -2.63. The molecule has 2 N–H and O–H groups in total. The molecule has 0 aromatic rings. The summed E-state index contributed by atoms with van der Waals surface area (Å²) in [6.07, 6.45) is -0.0201. The highest BCUT2D eigenvalue weighted by molar-refractivity contribution is 8.14. The smallest absolute Gasteiger partial charge is 0.313 e. The summed E-state index contributed by atoms with van der Waals surface area (Å²) in [6.45, 7) is 6.41. The SMILES string of the molecule is CCC(=O)O[C@]1(C(=O)SCC(=O)O)[C@H](C)C[C@H]2[C@@H]3C[C@H](F)C4=CC(=O)C=C[C@]4(C)[C@@]3(F)[C@@H](O)C[C@@]21C. The van der Waals surface area contributed by atoms with Crippen LogP contribution in [0, 0.1) is 28.6 Å². The number of allylic oxidation sites excluding steroid dienone is 4. The van der Waals surface area contributed by atoms with Crippen molar-refractivity contribution < 1.29 is 42.9 Å². The van der Waals surface area contributed by atoms with Crippen molar-refractivity contribution in [2.45, 2.75) is 76.9 Å². The predicted octanol–water partition coefficient (Wildman–Crippen LogP) is 3.59. The zero-order valence-corrected chi connectivity index (χ0v) is 21.6. The molecule has 3 saturated carbocycles. The third-order valence-corrected chi connectivity index (χ3v) is 10.3. The minimum absolute atomic E-state index is 0.000729. The lowest BCUT2D eigenvalue weighted by molar-refractivity contribution is -0.228. The molecule has 4 rings (SSSR count). The molecule has 0 aromatic heterocycles. The number of esters is 1. The fourth-order valence-corrected chi connectivity index (χ4v) is 8.65. The number of alkyl halides is 2. The molecule has 0 saturated heterocycles. The second kappa shape index (κ2) is 8.75. The Morgan fingerprint density at radius 2 is 1.89 bits per heavy atom. The first kappa shape index (κ1) is 27.0. The van der Waals surface area contributed by atoms with Crippen molar-refractivity contribution in [2.24, 2.45) is 28.6 Å². The zero-order valence-electron chi connectivity index (χ0n) is 20.8. The number of carbonyl (C=O) groups is 4. The third-order valence-electron chi connectivity index (χ3n) is 9.36. The summed E-state index contributed by atoms with van der Waals surface area (Å²) < 4.78 is 38.8. The molecular formula is C26H32F2O7S. The van der Waals surface area contributed by atoms with Crippen LogP contribution < -0.4 is 0 Å². The number of fused-ring (bicyclic) bond motifs is 5. The molecular weight excluding hydrogens is 494 g/mol. The number of halogens is 2. The van der Waals surface area contributed by atoms with E-state index >= 15 is 8.78 Å². The highest BCUT2D eigenvalue weighted by atomic mass is 32.2. The van der Waals surface area contributed by atoms with Gasteiger partial charge in [-0.3, -0.25) is 19.2 Å². The van der Waals surface area contributed by atoms with E-state index in [1.165, 1.54) is 19.1 Å². The number of aliphatic hydroxyl groups is 1. The molecule has 0 spiro atoms. The molecule has 3 fully saturated rings. The van der Waals surface area contributed by atoms with Crippen molar-refractivity contribution in [3.63, 3.8) is 0 Å². The Morgan fingerprint density at radius 1 is 1.22 bits per heavy atom. The molecule has 198 valence electrons. The van der Waals surface area contributed by atoms with Gasteiger partial charge in [-0.05, 0) is 49.8 Å². The van der Waals surface area contributed by atoms with Gasteiger partial charge in [-0.2, -0.15) is 0 Å². The number of hydrogen-bond acceptors (Lipinski definition) is 7. The molecule has 0 radical (unpaired) electrons. The molecule has 0 unspecified atom stereocenters. The number of aliphatic hydroxyl groups excluding tert-OH is 1. The maximum atomic E-state index is 17.3. The van der Waals surface area contributed by atoms with Gasteiger partial charge in [0.2, 0.25) is 5.12 Å². The minimum Gasteiger partial charge on any atom is -0.481 e. The Hall–Kier alpha value is -2.07. The molecule has 4 aliphatic carbocycles. The van der Waals surface area contributed by atoms with Crippen LogP contribution in [-0.2, 0) is 23.9 Å². The van der Waals surface area contributed by atoms with E-state index < -0.39 is 80.7 Å². The summed E-state index contributed by atoms with van der Waals surface area (Å²) in [7, 11) is 0. The predicted molar refractivity (Wildman–Crippen MR) is 127 cm³/mol. The number of carboxylic acid groups (broad SMARTS) is 1. The average molecular weight is 527 g/mol. The van der Waals surface area contributed by atoms with Gasteiger partial charge in [0.05, 0.1) is 11.9 Å². The van der Waals surface area contributed by atoms with Crippen molar-refractivity contribution in [2.75, 3.05) is 5.75 Å². The van der Waals surface area contributed by atoms with Crippen molar-refractivity contribution in [3.8, 4) is 0 Å². The standard InChI is InChI=1S/C26H32F2O7S/c1-5-21(33)35-26(22(34)36-12-20(31)32)13(2)8-15-16-10-18(27)17-9-14(29)6-7-23(17,3)25(16,28)19(30)11-24(15,26)4/h6-7,9,13,15-16,18-19,30H,5,8,10-12H2,1-4H3,(H,31,32)/t13-,15+,16+,18+,19+,23+,24+,25+,26+/m1/s1. The van der Waals surface area contributed by atoms with Crippen LogP contribution in [0.3, 0.4) is 0 Å². The number of aliphatic carboxylic acids is 1. The normalized spacial score (nSPS) is 45.2. The van der Waals surface area contributed by atoms with Gasteiger partial charge < -0.3 is 14.9 Å². The van der Waals surface area contributed by atoms with E-state index in [0.29, 0.717) is 11.8 Å². The molecule has 0 amide bonds. The molecule has 0 aromatic carbocycles. The molecule has 0 bridgehead atoms. The summed E-state index contributed by atoms with van der Waals surface area (Å²) in [5.74, 6) is -5.19. The highest BCUT2D eigenvalue weighted by Gasteiger charge is 2.78. The van der Waals surface area contributed by atoms with Gasteiger partial charge in [-0.25, -0.2) is 8.78 Å². The Morgan fingerprint density at radius 3 is 2.50 bits per heavy atom. The number of hydrogen-bond donors (Lipinski definition) is 2. The van der Waals surface area contributed by atoms with Gasteiger partial charge in [0.25, 0.3) is 0 Å². The molecule has 36 heavy (non-hydrogen) atoms. The van der Waals surface area contributed by atoms with Crippen LogP contribution in [0.4, 0.5) is 8.78 Å². The lowest BCUT2D eigenvalue weighted by Crippen LogP contribution is -2.70. The van der Waals surface area contributed by atoms with Gasteiger partial charge in [0.15, 0.2) is 17.1 Å². The van der Waals surface area contributed by atoms with Crippen LogP contribution in [-0.4, -0.2) is 62.3 Å². The molecule has 9 atom stereocenters. The lowest BCUT2D eigenvalue weighted by atomic mass is 9.44. The van der Waals surface area contributed by atoms with Crippen LogP contribution in [0.25, 0.3) is 0 Å². The number of thioether (sulfide) groups is 1.